The Hall–Kier alpha value is -0.0469. The topological polar surface area (TPSA) is 112 Å². The molecule has 6 nitrogen and oxygen atoms in total. The molecule has 0 atom stereocenters. The van der Waals surface area contributed by atoms with Gasteiger partial charge in [-0.05, 0) is 0 Å². The van der Waals surface area contributed by atoms with Gasteiger partial charge in [0, 0.05) is 0 Å². The molecule has 0 unspecified atom stereocenters. The molecule has 0 aromatic heterocycles. The minimum absolute atomic E-state index is 0. The van der Waals surface area contributed by atoms with Gasteiger partial charge in [0.05, 0.1) is 0 Å². The fourth-order valence-corrected chi connectivity index (χ4v) is 11.4. The van der Waals surface area contributed by atoms with Crippen LogP contribution in [0.2, 0.25) is 0 Å². The third kappa shape index (κ3) is 8.04. The van der Waals surface area contributed by atoms with Crippen molar-refractivity contribution >= 4 is 138 Å². The molecule has 0 spiro atoms. The SMILES string of the molecule is O=C(O)c1cc[c]([Bi]([c]2ccc(C(=O)O)cc2)[c]2ccc(C(=O)O)cc2)cc1.[NaH].[NaH].[NaH]. The van der Waals surface area contributed by atoms with Crippen molar-refractivity contribution in [3.05, 3.63) is 89.5 Å². The van der Waals surface area contributed by atoms with Crippen molar-refractivity contribution in [1.82, 2.24) is 0 Å². The van der Waals surface area contributed by atoms with E-state index in [9.17, 15) is 14.4 Å². The van der Waals surface area contributed by atoms with Crippen LogP contribution in [0, 0.1) is 0 Å². The number of carbonyl (C=O) groups is 3. The number of carboxylic acid groups (broad SMARTS) is 3. The van der Waals surface area contributed by atoms with Crippen LogP contribution in [0.3, 0.4) is 0 Å². The summed E-state index contributed by atoms with van der Waals surface area (Å²) in [6.45, 7) is 0. The summed E-state index contributed by atoms with van der Waals surface area (Å²) in [4.78, 5) is 33.4. The van der Waals surface area contributed by atoms with Gasteiger partial charge in [-0.2, -0.15) is 0 Å². The zero-order valence-electron chi connectivity index (χ0n) is 14.4. The van der Waals surface area contributed by atoms with Crippen LogP contribution >= 0.6 is 0 Å². The molecule has 3 N–H and O–H groups in total. The van der Waals surface area contributed by atoms with Crippen LogP contribution in [0.1, 0.15) is 31.1 Å². The summed E-state index contributed by atoms with van der Waals surface area (Å²) in [6, 6.07) is 20.1. The van der Waals surface area contributed by atoms with E-state index in [1.54, 1.807) is 72.8 Å². The molecule has 0 saturated carbocycles. The Morgan fingerprint density at radius 1 is 0.452 bits per heavy atom. The molecule has 0 aliphatic carbocycles. The maximum atomic E-state index is 11.1. The van der Waals surface area contributed by atoms with Gasteiger partial charge >= 0.3 is 257 Å². The Morgan fingerprint density at radius 2 is 0.645 bits per heavy atom. The molecule has 0 radical (unpaired) electrons. The van der Waals surface area contributed by atoms with E-state index in [0.717, 1.165) is 9.81 Å². The summed E-state index contributed by atoms with van der Waals surface area (Å²) < 4.78 is 3.02. The summed E-state index contributed by atoms with van der Waals surface area (Å²) in [5, 5.41) is 27.4. The van der Waals surface area contributed by atoms with Gasteiger partial charge in [0.25, 0.3) is 0 Å². The summed E-state index contributed by atoms with van der Waals surface area (Å²) in [7, 11) is 0. The first kappa shape index (κ1) is 31.0. The van der Waals surface area contributed by atoms with Crippen molar-refractivity contribution in [2.75, 3.05) is 0 Å². The van der Waals surface area contributed by atoms with Crippen molar-refractivity contribution in [1.29, 1.82) is 0 Å². The van der Waals surface area contributed by atoms with Crippen molar-refractivity contribution < 1.29 is 29.7 Å². The van der Waals surface area contributed by atoms with Crippen LogP contribution in [0.25, 0.3) is 0 Å². The summed E-state index contributed by atoms with van der Waals surface area (Å²) in [6.07, 6.45) is 0. The van der Waals surface area contributed by atoms with Gasteiger partial charge in [-0.1, -0.05) is 0 Å². The molecule has 3 rings (SSSR count). The van der Waals surface area contributed by atoms with E-state index >= 15 is 0 Å². The van der Waals surface area contributed by atoms with E-state index in [-0.39, 0.29) is 105 Å². The molecule has 0 bridgehead atoms. The molecule has 3 aromatic carbocycles. The molecule has 31 heavy (non-hydrogen) atoms. The Labute approximate surface area is 253 Å². The number of rotatable bonds is 6. The standard InChI is InChI=1S/3C7H5O2.Bi.3Na.3H/c3*8-7(9)6-4-2-1-3-5-6;;;;;;;/h3*2-5H,(H,8,9);;;;;;;. The molecule has 0 aliphatic heterocycles. The number of hydrogen-bond donors (Lipinski definition) is 3. The molecule has 3 aromatic rings. The van der Waals surface area contributed by atoms with E-state index in [1.807, 2.05) is 0 Å². The van der Waals surface area contributed by atoms with Crippen LogP contribution in [0.4, 0.5) is 0 Å². The predicted octanol–water partition coefficient (Wildman–Crippen LogP) is -0.648. The molecular formula is C21H18BiNa3O6. The number of aromatic carboxylic acids is 3. The normalized spacial score (nSPS) is 9.58. The van der Waals surface area contributed by atoms with Crippen LogP contribution in [-0.2, 0) is 0 Å². The number of benzene rings is 3. The van der Waals surface area contributed by atoms with Crippen LogP contribution in [0.15, 0.2) is 72.8 Å². The maximum absolute atomic E-state index is 11.1. The number of hydrogen-bond acceptors (Lipinski definition) is 3. The van der Waals surface area contributed by atoms with Crippen LogP contribution in [0.5, 0.6) is 0 Å². The van der Waals surface area contributed by atoms with Gasteiger partial charge in [0.1, 0.15) is 0 Å². The molecule has 0 saturated heterocycles. The average molecular weight is 644 g/mol. The van der Waals surface area contributed by atoms with E-state index < -0.39 is 39.7 Å². The first-order chi connectivity index (χ1) is 13.4. The first-order valence-corrected chi connectivity index (χ1v) is 13.4. The van der Waals surface area contributed by atoms with Gasteiger partial charge in [0.2, 0.25) is 0 Å². The summed E-state index contributed by atoms with van der Waals surface area (Å²) in [5.41, 5.74) is 0.570. The second-order valence-corrected chi connectivity index (χ2v) is 14.5. The molecular weight excluding hydrogens is 626 g/mol. The van der Waals surface area contributed by atoms with Crippen molar-refractivity contribution in [2.24, 2.45) is 0 Å². The second-order valence-electron chi connectivity index (χ2n) is 5.89. The first-order valence-electron chi connectivity index (χ1n) is 8.17. The second kappa shape index (κ2) is 14.3. The Balaban J connectivity index is 0.00000300. The summed E-state index contributed by atoms with van der Waals surface area (Å²) >= 11 is -2.85. The molecule has 0 heterocycles. The van der Waals surface area contributed by atoms with Crippen molar-refractivity contribution in [2.45, 2.75) is 0 Å². The van der Waals surface area contributed by atoms with Gasteiger partial charge in [-0.25, -0.2) is 0 Å². The Kier molecular flexibility index (Phi) is 14.2. The third-order valence-electron chi connectivity index (χ3n) is 4.12. The monoisotopic (exact) mass is 644 g/mol. The molecule has 0 fully saturated rings. The molecule has 10 heteroatoms. The quantitative estimate of drug-likeness (QED) is 0.308. The van der Waals surface area contributed by atoms with E-state index in [1.165, 1.54) is 0 Å². The minimum atomic E-state index is -2.85. The fraction of sp³-hybridized carbons (Fsp3) is 0. The van der Waals surface area contributed by atoms with E-state index in [2.05, 4.69) is 0 Å². The molecule has 0 aliphatic rings. The van der Waals surface area contributed by atoms with Gasteiger partial charge in [-0.15, -0.1) is 0 Å². The molecule has 146 valence electrons. The van der Waals surface area contributed by atoms with Crippen LogP contribution in [-0.4, -0.2) is 144 Å². The predicted molar refractivity (Wildman–Crippen MR) is 126 cm³/mol. The average Bonchev–Trinajstić information content (AvgIpc) is 2.69. The van der Waals surface area contributed by atoms with Crippen molar-refractivity contribution in [3.8, 4) is 0 Å². The van der Waals surface area contributed by atoms with Gasteiger partial charge in [-0.3, -0.25) is 0 Å². The van der Waals surface area contributed by atoms with Crippen LogP contribution < -0.4 is 9.81 Å². The summed E-state index contributed by atoms with van der Waals surface area (Å²) in [5.74, 6) is -3.02. The third-order valence-corrected chi connectivity index (χ3v) is 13.6. The van der Waals surface area contributed by atoms with Gasteiger partial charge in [0.15, 0.2) is 0 Å². The fourth-order valence-electron chi connectivity index (χ4n) is 2.71. The molecule has 0 amide bonds. The van der Waals surface area contributed by atoms with Gasteiger partial charge < -0.3 is 0 Å². The van der Waals surface area contributed by atoms with Crippen molar-refractivity contribution in [3.63, 3.8) is 0 Å². The zero-order valence-corrected chi connectivity index (χ0v) is 17.9. The Bertz CT molecular complexity index is 902. The Morgan fingerprint density at radius 3 is 0.806 bits per heavy atom. The van der Waals surface area contributed by atoms with E-state index in [4.69, 9.17) is 15.3 Å². The number of carboxylic acids is 3. The zero-order chi connectivity index (χ0) is 20.3. The van der Waals surface area contributed by atoms with E-state index in [0.29, 0.717) is 0 Å².